The SMILES string of the molecule is Cc1oc2ncn(C)c(=O)c2c1C(=O)NCCOc1cccc(Br)c1. The summed E-state index contributed by atoms with van der Waals surface area (Å²) in [7, 11) is 1.57. The lowest BCUT2D eigenvalue weighted by Gasteiger charge is -2.08. The van der Waals surface area contributed by atoms with Gasteiger partial charge in [-0.05, 0) is 25.1 Å². The van der Waals surface area contributed by atoms with Crippen LogP contribution in [0.5, 0.6) is 5.75 Å². The Labute approximate surface area is 151 Å². The Morgan fingerprint density at radius 1 is 1.44 bits per heavy atom. The van der Waals surface area contributed by atoms with E-state index in [-0.39, 0.29) is 34.7 Å². The molecule has 0 fully saturated rings. The van der Waals surface area contributed by atoms with Gasteiger partial charge < -0.3 is 19.0 Å². The van der Waals surface area contributed by atoms with Crippen molar-refractivity contribution in [1.82, 2.24) is 14.9 Å². The summed E-state index contributed by atoms with van der Waals surface area (Å²) in [5, 5.41) is 2.93. The molecular weight excluding hydrogens is 390 g/mol. The third-order valence-corrected chi connectivity index (χ3v) is 4.12. The van der Waals surface area contributed by atoms with E-state index >= 15 is 0 Å². The van der Waals surface area contributed by atoms with Gasteiger partial charge in [-0.1, -0.05) is 22.0 Å². The summed E-state index contributed by atoms with van der Waals surface area (Å²) in [4.78, 5) is 28.8. The number of benzene rings is 1. The van der Waals surface area contributed by atoms with Gasteiger partial charge in [0.2, 0.25) is 5.71 Å². The molecule has 1 amide bonds. The predicted octanol–water partition coefficient (Wildman–Crippen LogP) is 2.41. The molecule has 8 heteroatoms. The van der Waals surface area contributed by atoms with E-state index in [1.54, 1.807) is 14.0 Å². The highest BCUT2D eigenvalue weighted by molar-refractivity contribution is 9.10. The second-order valence-corrected chi connectivity index (χ2v) is 6.35. The molecule has 1 N–H and O–H groups in total. The van der Waals surface area contributed by atoms with E-state index in [1.165, 1.54) is 10.9 Å². The molecular formula is C17H16BrN3O4. The van der Waals surface area contributed by atoms with Gasteiger partial charge in [0, 0.05) is 11.5 Å². The van der Waals surface area contributed by atoms with Crippen LogP contribution < -0.4 is 15.6 Å². The molecule has 2 aromatic heterocycles. The fourth-order valence-corrected chi connectivity index (χ4v) is 2.82. The lowest BCUT2D eigenvalue weighted by Crippen LogP contribution is -2.29. The average molecular weight is 406 g/mol. The average Bonchev–Trinajstić information content (AvgIpc) is 2.92. The molecule has 3 rings (SSSR count). The molecule has 130 valence electrons. The van der Waals surface area contributed by atoms with E-state index in [1.807, 2.05) is 24.3 Å². The Morgan fingerprint density at radius 2 is 2.24 bits per heavy atom. The van der Waals surface area contributed by atoms with Gasteiger partial charge in [0.15, 0.2) is 0 Å². The van der Waals surface area contributed by atoms with Crippen LogP contribution >= 0.6 is 15.9 Å². The molecule has 0 unspecified atom stereocenters. The summed E-state index contributed by atoms with van der Waals surface area (Å²) in [6.45, 7) is 2.22. The first-order valence-electron chi connectivity index (χ1n) is 7.58. The number of halogens is 1. The van der Waals surface area contributed by atoms with Crippen molar-refractivity contribution in [2.75, 3.05) is 13.2 Å². The number of nitrogens with one attached hydrogen (secondary N) is 1. The number of hydrogen-bond acceptors (Lipinski definition) is 5. The second-order valence-electron chi connectivity index (χ2n) is 5.44. The molecule has 0 aliphatic heterocycles. The highest BCUT2D eigenvalue weighted by Gasteiger charge is 2.22. The first-order valence-corrected chi connectivity index (χ1v) is 8.38. The highest BCUT2D eigenvalue weighted by atomic mass is 79.9. The molecule has 0 atom stereocenters. The Hall–Kier alpha value is -2.61. The van der Waals surface area contributed by atoms with Crippen molar-refractivity contribution in [3.05, 3.63) is 56.7 Å². The molecule has 3 aromatic rings. The van der Waals surface area contributed by atoms with Crippen LogP contribution in [0.25, 0.3) is 11.1 Å². The number of furan rings is 1. The van der Waals surface area contributed by atoms with Crippen LogP contribution in [0, 0.1) is 6.92 Å². The quantitative estimate of drug-likeness (QED) is 0.658. The van der Waals surface area contributed by atoms with Gasteiger partial charge in [-0.2, -0.15) is 0 Å². The number of ether oxygens (including phenoxy) is 1. The van der Waals surface area contributed by atoms with Gasteiger partial charge in [-0.25, -0.2) is 4.98 Å². The van der Waals surface area contributed by atoms with Gasteiger partial charge in [-0.15, -0.1) is 0 Å². The van der Waals surface area contributed by atoms with E-state index in [0.717, 1.165) is 4.47 Å². The minimum Gasteiger partial charge on any atom is -0.492 e. The monoisotopic (exact) mass is 405 g/mol. The molecule has 7 nitrogen and oxygen atoms in total. The number of nitrogens with zero attached hydrogens (tertiary/aromatic N) is 2. The van der Waals surface area contributed by atoms with Crippen molar-refractivity contribution in [2.45, 2.75) is 6.92 Å². The van der Waals surface area contributed by atoms with Crippen LogP contribution in [0.2, 0.25) is 0 Å². The smallest absolute Gasteiger partial charge is 0.265 e. The zero-order valence-electron chi connectivity index (χ0n) is 13.7. The molecule has 0 saturated heterocycles. The summed E-state index contributed by atoms with van der Waals surface area (Å²) in [5.41, 5.74) is 0.0553. The summed E-state index contributed by atoms with van der Waals surface area (Å²) in [6, 6.07) is 7.43. The van der Waals surface area contributed by atoms with Gasteiger partial charge in [0.25, 0.3) is 11.5 Å². The van der Waals surface area contributed by atoms with Gasteiger partial charge in [0.05, 0.1) is 12.1 Å². The maximum Gasteiger partial charge on any atom is 0.265 e. The maximum atomic E-state index is 12.5. The fourth-order valence-electron chi connectivity index (χ4n) is 2.44. The van der Waals surface area contributed by atoms with Crippen molar-refractivity contribution in [3.8, 4) is 5.75 Å². The molecule has 25 heavy (non-hydrogen) atoms. The molecule has 0 saturated carbocycles. The molecule has 0 aliphatic carbocycles. The Balaban J connectivity index is 1.70. The number of aryl methyl sites for hydroxylation is 2. The van der Waals surface area contributed by atoms with Crippen molar-refractivity contribution >= 4 is 32.9 Å². The number of rotatable bonds is 5. The summed E-state index contributed by atoms with van der Waals surface area (Å²) >= 11 is 3.37. The van der Waals surface area contributed by atoms with Crippen molar-refractivity contribution in [2.24, 2.45) is 7.05 Å². The van der Waals surface area contributed by atoms with E-state index in [4.69, 9.17) is 9.15 Å². The van der Waals surface area contributed by atoms with Crippen LogP contribution in [0.3, 0.4) is 0 Å². The van der Waals surface area contributed by atoms with Crippen LogP contribution in [-0.4, -0.2) is 28.6 Å². The van der Waals surface area contributed by atoms with Crippen molar-refractivity contribution in [1.29, 1.82) is 0 Å². The first-order chi connectivity index (χ1) is 12.0. The number of carbonyl (C=O) groups is 1. The summed E-state index contributed by atoms with van der Waals surface area (Å²) in [5.74, 6) is 0.669. The van der Waals surface area contributed by atoms with Crippen LogP contribution in [0.1, 0.15) is 16.1 Å². The van der Waals surface area contributed by atoms with E-state index in [2.05, 4.69) is 26.2 Å². The normalized spacial score (nSPS) is 10.8. The summed E-state index contributed by atoms with van der Waals surface area (Å²) in [6.07, 6.45) is 1.36. The summed E-state index contributed by atoms with van der Waals surface area (Å²) < 4.78 is 13.2. The van der Waals surface area contributed by atoms with Gasteiger partial charge in [-0.3, -0.25) is 9.59 Å². The topological polar surface area (TPSA) is 86.4 Å². The molecule has 2 heterocycles. The van der Waals surface area contributed by atoms with Crippen LogP contribution in [0.15, 0.2) is 44.3 Å². The Kier molecular flexibility index (Phi) is 4.89. The number of hydrogen-bond donors (Lipinski definition) is 1. The van der Waals surface area contributed by atoms with Crippen LogP contribution in [-0.2, 0) is 7.05 Å². The number of amides is 1. The molecule has 0 radical (unpaired) electrons. The Morgan fingerprint density at radius 3 is 3.00 bits per heavy atom. The third kappa shape index (κ3) is 3.58. The maximum absolute atomic E-state index is 12.5. The molecule has 0 bridgehead atoms. The zero-order chi connectivity index (χ0) is 18.0. The minimum atomic E-state index is -0.390. The van der Waals surface area contributed by atoms with Gasteiger partial charge in [0.1, 0.15) is 29.8 Å². The minimum absolute atomic E-state index is 0.163. The fraction of sp³-hybridized carbons (Fsp3) is 0.235. The lowest BCUT2D eigenvalue weighted by atomic mass is 10.2. The number of carbonyl (C=O) groups excluding carboxylic acids is 1. The standard InChI is InChI=1S/C17H16BrN3O4/c1-10-13(14-16(25-10)20-9-21(2)17(14)23)15(22)19-6-7-24-12-5-3-4-11(18)8-12/h3-5,8-9H,6-7H2,1-2H3,(H,19,22). The zero-order valence-corrected chi connectivity index (χ0v) is 15.3. The molecule has 1 aromatic carbocycles. The first kappa shape index (κ1) is 17.2. The largest absolute Gasteiger partial charge is 0.492 e. The third-order valence-electron chi connectivity index (χ3n) is 3.63. The predicted molar refractivity (Wildman–Crippen MR) is 96.0 cm³/mol. The highest BCUT2D eigenvalue weighted by Crippen LogP contribution is 2.20. The van der Waals surface area contributed by atoms with Crippen molar-refractivity contribution in [3.63, 3.8) is 0 Å². The van der Waals surface area contributed by atoms with E-state index in [9.17, 15) is 9.59 Å². The molecule has 0 aliphatic rings. The molecule has 0 spiro atoms. The number of aromatic nitrogens is 2. The number of fused-ring (bicyclic) bond motifs is 1. The van der Waals surface area contributed by atoms with Crippen molar-refractivity contribution < 1.29 is 13.9 Å². The lowest BCUT2D eigenvalue weighted by molar-refractivity contribution is 0.0947. The second kappa shape index (κ2) is 7.10. The Bertz CT molecular complexity index is 993. The van der Waals surface area contributed by atoms with E-state index < -0.39 is 0 Å². The van der Waals surface area contributed by atoms with E-state index in [0.29, 0.717) is 18.1 Å². The van der Waals surface area contributed by atoms with Gasteiger partial charge >= 0.3 is 0 Å². The van der Waals surface area contributed by atoms with Crippen LogP contribution in [0.4, 0.5) is 0 Å².